The standard InChI is InChI=1S/C16H29N3OS/c1-5-16(4,19-7-9-20-10-8-19)14(17-6-2)11-15-18-13(3)12-21-15/h12,14,17H,5-11H2,1-4H3. The molecule has 120 valence electrons. The first-order valence-corrected chi connectivity index (χ1v) is 8.95. The smallest absolute Gasteiger partial charge is 0.0944 e. The molecule has 2 atom stereocenters. The molecule has 0 amide bonds. The lowest BCUT2D eigenvalue weighted by Crippen LogP contribution is -2.62. The Morgan fingerprint density at radius 1 is 1.43 bits per heavy atom. The van der Waals surface area contributed by atoms with Gasteiger partial charge in [-0.25, -0.2) is 4.98 Å². The van der Waals surface area contributed by atoms with Crippen molar-refractivity contribution in [2.45, 2.75) is 52.1 Å². The fourth-order valence-corrected chi connectivity index (χ4v) is 4.01. The van der Waals surface area contributed by atoms with E-state index in [2.05, 4.69) is 48.3 Å². The zero-order chi connectivity index (χ0) is 15.3. The van der Waals surface area contributed by atoms with Crippen LogP contribution in [0.1, 0.15) is 37.9 Å². The summed E-state index contributed by atoms with van der Waals surface area (Å²) in [6.45, 7) is 13.7. The van der Waals surface area contributed by atoms with Crippen LogP contribution in [0, 0.1) is 6.92 Å². The van der Waals surface area contributed by atoms with Crippen molar-refractivity contribution in [3.05, 3.63) is 16.1 Å². The van der Waals surface area contributed by atoms with E-state index in [-0.39, 0.29) is 5.54 Å². The molecule has 1 aliphatic heterocycles. The Morgan fingerprint density at radius 2 is 2.14 bits per heavy atom. The second-order valence-corrected chi connectivity index (χ2v) is 6.95. The van der Waals surface area contributed by atoms with Crippen LogP contribution in [0.5, 0.6) is 0 Å². The minimum atomic E-state index is 0.152. The van der Waals surface area contributed by atoms with Gasteiger partial charge < -0.3 is 10.1 Å². The summed E-state index contributed by atoms with van der Waals surface area (Å²) in [5.74, 6) is 0. The molecule has 2 unspecified atom stereocenters. The lowest BCUT2D eigenvalue weighted by Gasteiger charge is -2.48. The van der Waals surface area contributed by atoms with Crippen molar-refractivity contribution in [1.82, 2.24) is 15.2 Å². The van der Waals surface area contributed by atoms with Crippen molar-refractivity contribution >= 4 is 11.3 Å². The summed E-state index contributed by atoms with van der Waals surface area (Å²) in [6, 6.07) is 0.427. The quantitative estimate of drug-likeness (QED) is 0.839. The number of rotatable bonds is 7. The highest BCUT2D eigenvalue weighted by Gasteiger charge is 2.38. The fourth-order valence-electron chi connectivity index (χ4n) is 3.19. The number of hydrogen-bond acceptors (Lipinski definition) is 5. The van der Waals surface area contributed by atoms with Crippen molar-refractivity contribution in [2.24, 2.45) is 0 Å². The van der Waals surface area contributed by atoms with E-state index in [9.17, 15) is 0 Å². The summed E-state index contributed by atoms with van der Waals surface area (Å²) < 4.78 is 5.53. The maximum atomic E-state index is 5.53. The Hall–Kier alpha value is -0.490. The van der Waals surface area contributed by atoms with E-state index in [1.54, 1.807) is 11.3 Å². The Labute approximate surface area is 132 Å². The van der Waals surface area contributed by atoms with Crippen LogP contribution in [0.15, 0.2) is 5.38 Å². The first kappa shape index (κ1) is 16.9. The van der Waals surface area contributed by atoms with E-state index in [4.69, 9.17) is 4.74 Å². The second-order valence-electron chi connectivity index (χ2n) is 6.01. The highest BCUT2D eigenvalue weighted by atomic mass is 32.1. The molecule has 0 bridgehead atoms. The molecular formula is C16H29N3OS. The number of hydrogen-bond donors (Lipinski definition) is 1. The third-order valence-electron chi connectivity index (χ3n) is 4.70. The van der Waals surface area contributed by atoms with Crippen molar-refractivity contribution in [1.29, 1.82) is 0 Å². The van der Waals surface area contributed by atoms with E-state index in [1.807, 2.05) is 0 Å². The van der Waals surface area contributed by atoms with E-state index in [0.29, 0.717) is 6.04 Å². The van der Waals surface area contributed by atoms with E-state index < -0.39 is 0 Å². The van der Waals surface area contributed by atoms with E-state index in [1.165, 1.54) is 5.01 Å². The third kappa shape index (κ3) is 4.03. The van der Waals surface area contributed by atoms with Gasteiger partial charge in [-0.2, -0.15) is 0 Å². The summed E-state index contributed by atoms with van der Waals surface area (Å²) in [5, 5.41) is 7.10. The Balaban J connectivity index is 2.15. The third-order valence-corrected chi connectivity index (χ3v) is 5.68. The Morgan fingerprint density at radius 3 is 2.67 bits per heavy atom. The summed E-state index contributed by atoms with van der Waals surface area (Å²) in [6.07, 6.45) is 2.14. The molecule has 4 nitrogen and oxygen atoms in total. The van der Waals surface area contributed by atoms with Gasteiger partial charge in [-0.15, -0.1) is 11.3 Å². The molecule has 0 aromatic carbocycles. The average molecular weight is 311 g/mol. The summed E-state index contributed by atoms with van der Waals surface area (Å²) in [7, 11) is 0. The van der Waals surface area contributed by atoms with Crippen LogP contribution in [-0.4, -0.2) is 54.3 Å². The van der Waals surface area contributed by atoms with Gasteiger partial charge in [-0.1, -0.05) is 13.8 Å². The molecule has 1 aromatic heterocycles. The normalized spacial score (nSPS) is 21.1. The highest BCUT2D eigenvalue weighted by molar-refractivity contribution is 7.09. The van der Waals surface area contributed by atoms with Gasteiger partial charge in [-0.05, 0) is 26.8 Å². The van der Waals surface area contributed by atoms with Crippen LogP contribution < -0.4 is 5.32 Å². The van der Waals surface area contributed by atoms with E-state index in [0.717, 1.165) is 51.4 Å². The van der Waals surface area contributed by atoms with Crippen LogP contribution in [0.3, 0.4) is 0 Å². The monoisotopic (exact) mass is 311 g/mol. The van der Waals surface area contributed by atoms with Gasteiger partial charge in [0.1, 0.15) is 0 Å². The summed E-state index contributed by atoms with van der Waals surface area (Å²) in [5.41, 5.74) is 1.29. The lowest BCUT2D eigenvalue weighted by molar-refractivity contribution is -0.0320. The molecule has 0 saturated carbocycles. The van der Waals surface area contributed by atoms with Gasteiger partial charge in [0.05, 0.1) is 18.2 Å². The van der Waals surface area contributed by atoms with Crippen molar-refractivity contribution in [2.75, 3.05) is 32.8 Å². The van der Waals surface area contributed by atoms with Crippen molar-refractivity contribution in [3.8, 4) is 0 Å². The molecule has 1 aliphatic rings. The average Bonchev–Trinajstić information content (AvgIpc) is 2.92. The number of aromatic nitrogens is 1. The molecule has 1 saturated heterocycles. The fraction of sp³-hybridized carbons (Fsp3) is 0.812. The Bertz CT molecular complexity index is 431. The molecule has 21 heavy (non-hydrogen) atoms. The molecule has 2 heterocycles. The molecule has 1 aromatic rings. The maximum absolute atomic E-state index is 5.53. The van der Waals surface area contributed by atoms with Crippen LogP contribution in [-0.2, 0) is 11.2 Å². The highest BCUT2D eigenvalue weighted by Crippen LogP contribution is 2.28. The van der Waals surface area contributed by atoms with Gasteiger partial charge in [0.25, 0.3) is 0 Å². The lowest BCUT2D eigenvalue weighted by atomic mass is 9.84. The zero-order valence-electron chi connectivity index (χ0n) is 13.8. The van der Waals surface area contributed by atoms with Gasteiger partial charge >= 0.3 is 0 Å². The number of thiazole rings is 1. The summed E-state index contributed by atoms with van der Waals surface area (Å²) >= 11 is 1.78. The number of nitrogens with zero attached hydrogens (tertiary/aromatic N) is 2. The minimum Gasteiger partial charge on any atom is -0.379 e. The summed E-state index contributed by atoms with van der Waals surface area (Å²) in [4.78, 5) is 7.26. The SMILES string of the molecule is CCNC(Cc1nc(C)cs1)C(C)(CC)N1CCOCC1. The van der Waals surface area contributed by atoms with Crippen molar-refractivity contribution in [3.63, 3.8) is 0 Å². The Kier molecular flexibility index (Phi) is 6.17. The van der Waals surface area contributed by atoms with Gasteiger partial charge in [0.15, 0.2) is 0 Å². The molecule has 0 spiro atoms. The zero-order valence-corrected chi connectivity index (χ0v) is 14.6. The van der Waals surface area contributed by atoms with Gasteiger partial charge in [0.2, 0.25) is 0 Å². The maximum Gasteiger partial charge on any atom is 0.0944 e. The number of likely N-dealkylation sites (N-methyl/N-ethyl adjacent to an activating group) is 1. The van der Waals surface area contributed by atoms with Crippen LogP contribution in [0.4, 0.5) is 0 Å². The van der Waals surface area contributed by atoms with Gasteiger partial charge in [-0.3, -0.25) is 4.90 Å². The number of ether oxygens (including phenoxy) is 1. The largest absolute Gasteiger partial charge is 0.379 e. The molecule has 2 rings (SSSR count). The minimum absolute atomic E-state index is 0.152. The topological polar surface area (TPSA) is 37.4 Å². The molecule has 5 heteroatoms. The molecular weight excluding hydrogens is 282 g/mol. The number of aryl methyl sites for hydroxylation is 1. The van der Waals surface area contributed by atoms with Crippen LogP contribution >= 0.6 is 11.3 Å². The van der Waals surface area contributed by atoms with Gasteiger partial charge in [0, 0.05) is 42.2 Å². The van der Waals surface area contributed by atoms with Crippen LogP contribution in [0.2, 0.25) is 0 Å². The van der Waals surface area contributed by atoms with Crippen LogP contribution in [0.25, 0.3) is 0 Å². The van der Waals surface area contributed by atoms with E-state index >= 15 is 0 Å². The van der Waals surface area contributed by atoms with Crippen molar-refractivity contribution < 1.29 is 4.74 Å². The number of morpholine rings is 1. The molecule has 0 aliphatic carbocycles. The first-order valence-electron chi connectivity index (χ1n) is 8.07. The number of nitrogens with one attached hydrogen (secondary N) is 1. The molecule has 1 N–H and O–H groups in total. The first-order chi connectivity index (χ1) is 10.1. The second kappa shape index (κ2) is 7.68. The molecule has 1 fully saturated rings. The predicted molar refractivity (Wildman–Crippen MR) is 89.1 cm³/mol. The predicted octanol–water partition coefficient (Wildman–Crippen LogP) is 2.47. The molecule has 0 radical (unpaired) electrons.